The Balaban J connectivity index is 2.00. The quantitative estimate of drug-likeness (QED) is 0.657. The lowest BCUT2D eigenvalue weighted by atomic mass is 10.0. The fourth-order valence-corrected chi connectivity index (χ4v) is 3.08. The van der Waals surface area contributed by atoms with E-state index < -0.39 is 5.91 Å². The molecule has 1 aliphatic heterocycles. The zero-order chi connectivity index (χ0) is 20.8. The number of carbonyl (C=O) groups is 2. The Hall–Kier alpha value is -3.32. The van der Waals surface area contributed by atoms with Gasteiger partial charge >= 0.3 is 0 Å². The van der Waals surface area contributed by atoms with E-state index in [9.17, 15) is 9.59 Å². The van der Waals surface area contributed by atoms with E-state index in [1.165, 1.54) is 12.0 Å². The van der Waals surface area contributed by atoms with Crippen molar-refractivity contribution in [3.05, 3.63) is 59.8 Å². The SMILES string of the molecule is CCOc1ccc(C2=C(Nc3cccc(OC)c3)C(=O)N(CCOC)C2=O)cc1. The Morgan fingerprint density at radius 3 is 2.38 bits per heavy atom. The van der Waals surface area contributed by atoms with E-state index in [2.05, 4.69) is 5.32 Å². The summed E-state index contributed by atoms with van der Waals surface area (Å²) in [5.41, 5.74) is 1.83. The van der Waals surface area contributed by atoms with E-state index in [1.807, 2.05) is 13.0 Å². The second kappa shape index (κ2) is 9.25. The number of hydrogen-bond donors (Lipinski definition) is 1. The summed E-state index contributed by atoms with van der Waals surface area (Å²) in [6, 6.07) is 14.3. The molecule has 0 fully saturated rings. The summed E-state index contributed by atoms with van der Waals surface area (Å²) in [5.74, 6) is 0.596. The van der Waals surface area contributed by atoms with Crippen molar-refractivity contribution in [2.24, 2.45) is 0 Å². The summed E-state index contributed by atoms with van der Waals surface area (Å²) in [7, 11) is 3.10. The van der Waals surface area contributed by atoms with Crippen molar-refractivity contribution in [1.29, 1.82) is 0 Å². The van der Waals surface area contributed by atoms with Crippen LogP contribution in [0.3, 0.4) is 0 Å². The molecule has 2 amide bonds. The minimum atomic E-state index is -0.390. The van der Waals surface area contributed by atoms with Gasteiger partial charge in [-0.2, -0.15) is 0 Å². The maximum Gasteiger partial charge on any atom is 0.278 e. The van der Waals surface area contributed by atoms with E-state index >= 15 is 0 Å². The minimum Gasteiger partial charge on any atom is -0.497 e. The highest BCUT2D eigenvalue weighted by Crippen LogP contribution is 2.32. The minimum absolute atomic E-state index is 0.179. The number of benzene rings is 2. The van der Waals surface area contributed by atoms with Gasteiger partial charge in [0.15, 0.2) is 0 Å². The molecule has 1 aliphatic rings. The van der Waals surface area contributed by atoms with Gasteiger partial charge < -0.3 is 19.5 Å². The summed E-state index contributed by atoms with van der Waals surface area (Å²) in [6.45, 7) is 2.89. The maximum atomic E-state index is 13.1. The van der Waals surface area contributed by atoms with Crippen LogP contribution >= 0.6 is 0 Å². The number of rotatable bonds is 9. The van der Waals surface area contributed by atoms with Crippen molar-refractivity contribution in [2.75, 3.05) is 39.3 Å². The van der Waals surface area contributed by atoms with Gasteiger partial charge in [-0.05, 0) is 36.8 Å². The second-order valence-electron chi connectivity index (χ2n) is 6.32. The number of nitrogens with zero attached hydrogens (tertiary/aromatic N) is 1. The Labute approximate surface area is 169 Å². The van der Waals surface area contributed by atoms with Crippen LogP contribution in [0.15, 0.2) is 54.2 Å². The van der Waals surface area contributed by atoms with Crippen LogP contribution in [0.1, 0.15) is 12.5 Å². The summed E-state index contributed by atoms with van der Waals surface area (Å²) < 4.78 is 15.8. The highest BCUT2D eigenvalue weighted by Gasteiger charge is 2.39. The zero-order valence-corrected chi connectivity index (χ0v) is 16.7. The number of hydrogen-bond acceptors (Lipinski definition) is 6. The predicted molar refractivity (Wildman–Crippen MR) is 110 cm³/mol. The van der Waals surface area contributed by atoms with Crippen molar-refractivity contribution in [3.63, 3.8) is 0 Å². The lowest BCUT2D eigenvalue weighted by molar-refractivity contribution is -0.137. The van der Waals surface area contributed by atoms with Crippen molar-refractivity contribution in [2.45, 2.75) is 6.92 Å². The molecule has 1 N–H and O–H groups in total. The first-order valence-corrected chi connectivity index (χ1v) is 9.32. The first-order valence-electron chi connectivity index (χ1n) is 9.32. The van der Waals surface area contributed by atoms with E-state index in [-0.39, 0.29) is 24.8 Å². The summed E-state index contributed by atoms with van der Waals surface area (Å²) in [6.07, 6.45) is 0. The molecule has 1 heterocycles. The Kier molecular flexibility index (Phi) is 6.51. The van der Waals surface area contributed by atoms with Gasteiger partial charge in [-0.25, -0.2) is 0 Å². The molecule has 0 radical (unpaired) electrons. The standard InChI is InChI=1S/C22H24N2O5/c1-4-29-17-10-8-15(9-11-17)19-20(22(26)24(21(19)25)12-13-27-2)23-16-6-5-7-18(14-16)28-3/h5-11,14,23H,4,12-13H2,1-3H3. The van der Waals surface area contributed by atoms with Gasteiger partial charge in [-0.3, -0.25) is 14.5 Å². The van der Waals surface area contributed by atoms with Crippen LogP contribution in [-0.2, 0) is 14.3 Å². The molecular weight excluding hydrogens is 372 g/mol. The van der Waals surface area contributed by atoms with E-state index in [0.29, 0.717) is 34.9 Å². The highest BCUT2D eigenvalue weighted by atomic mass is 16.5. The predicted octanol–water partition coefficient (Wildman–Crippen LogP) is 2.93. The number of methoxy groups -OCH3 is 2. The number of carbonyl (C=O) groups excluding carboxylic acids is 2. The van der Waals surface area contributed by atoms with E-state index in [1.54, 1.807) is 49.6 Å². The molecule has 0 aliphatic carbocycles. The largest absolute Gasteiger partial charge is 0.497 e. The lowest BCUT2D eigenvalue weighted by Gasteiger charge is -2.14. The van der Waals surface area contributed by atoms with Crippen LogP contribution in [0.5, 0.6) is 11.5 Å². The molecule has 7 heteroatoms. The first kappa shape index (κ1) is 20.4. The molecule has 3 rings (SSSR count). The van der Waals surface area contributed by atoms with Crippen LogP contribution in [0.25, 0.3) is 5.57 Å². The molecule has 0 bridgehead atoms. The molecule has 0 spiro atoms. The molecule has 0 unspecified atom stereocenters. The molecule has 0 saturated heterocycles. The normalized spacial score (nSPS) is 13.8. The molecular formula is C22H24N2O5. The summed E-state index contributed by atoms with van der Waals surface area (Å²) in [4.78, 5) is 27.3. The molecule has 0 aromatic heterocycles. The highest BCUT2D eigenvalue weighted by molar-refractivity contribution is 6.36. The van der Waals surface area contributed by atoms with Crippen LogP contribution in [0.4, 0.5) is 5.69 Å². The van der Waals surface area contributed by atoms with Gasteiger partial charge in [-0.15, -0.1) is 0 Å². The van der Waals surface area contributed by atoms with Gasteiger partial charge in [0.1, 0.15) is 17.2 Å². The van der Waals surface area contributed by atoms with Crippen LogP contribution in [0, 0.1) is 0 Å². The average Bonchev–Trinajstić information content (AvgIpc) is 2.97. The number of anilines is 1. The molecule has 0 atom stereocenters. The number of nitrogens with one attached hydrogen (secondary N) is 1. The van der Waals surface area contributed by atoms with Crippen molar-refractivity contribution >= 4 is 23.1 Å². The van der Waals surface area contributed by atoms with Crippen LogP contribution in [-0.4, -0.2) is 50.7 Å². The monoisotopic (exact) mass is 396 g/mol. The van der Waals surface area contributed by atoms with Gasteiger partial charge in [0.25, 0.3) is 11.8 Å². The number of imide groups is 1. The third kappa shape index (κ3) is 4.41. The number of ether oxygens (including phenoxy) is 3. The number of amides is 2. The van der Waals surface area contributed by atoms with Gasteiger partial charge in [0.2, 0.25) is 0 Å². The summed E-state index contributed by atoms with van der Waals surface area (Å²) in [5, 5.41) is 3.11. The molecule has 2 aromatic carbocycles. The zero-order valence-electron chi connectivity index (χ0n) is 16.7. The molecule has 2 aromatic rings. The fourth-order valence-electron chi connectivity index (χ4n) is 3.08. The Bertz CT molecular complexity index is 921. The fraction of sp³-hybridized carbons (Fsp3) is 0.273. The van der Waals surface area contributed by atoms with Crippen LogP contribution < -0.4 is 14.8 Å². The third-order valence-corrected chi connectivity index (χ3v) is 4.48. The van der Waals surface area contributed by atoms with Gasteiger partial charge in [0.05, 0.1) is 32.4 Å². The van der Waals surface area contributed by atoms with E-state index in [4.69, 9.17) is 14.2 Å². The molecule has 7 nitrogen and oxygen atoms in total. The Morgan fingerprint density at radius 2 is 1.72 bits per heavy atom. The van der Waals surface area contributed by atoms with Crippen LogP contribution in [0.2, 0.25) is 0 Å². The van der Waals surface area contributed by atoms with Crippen molar-refractivity contribution in [1.82, 2.24) is 4.90 Å². The average molecular weight is 396 g/mol. The lowest BCUT2D eigenvalue weighted by Crippen LogP contribution is -2.35. The van der Waals surface area contributed by atoms with Gasteiger partial charge in [-0.1, -0.05) is 18.2 Å². The second-order valence-corrected chi connectivity index (χ2v) is 6.32. The smallest absolute Gasteiger partial charge is 0.278 e. The van der Waals surface area contributed by atoms with E-state index in [0.717, 1.165) is 0 Å². The van der Waals surface area contributed by atoms with Crippen molar-refractivity contribution < 1.29 is 23.8 Å². The van der Waals surface area contributed by atoms with Crippen molar-refractivity contribution in [3.8, 4) is 11.5 Å². The Morgan fingerprint density at radius 1 is 0.966 bits per heavy atom. The maximum absolute atomic E-state index is 13.1. The molecule has 0 saturated carbocycles. The molecule has 29 heavy (non-hydrogen) atoms. The molecule has 152 valence electrons. The van der Waals surface area contributed by atoms with Gasteiger partial charge in [0, 0.05) is 18.9 Å². The third-order valence-electron chi connectivity index (χ3n) is 4.48. The topological polar surface area (TPSA) is 77.1 Å². The first-order chi connectivity index (χ1) is 14.1. The summed E-state index contributed by atoms with van der Waals surface area (Å²) >= 11 is 0.